The first kappa shape index (κ1) is 10.3. The summed E-state index contributed by atoms with van der Waals surface area (Å²) in [6.07, 6.45) is 0.699. The Labute approximate surface area is 86.2 Å². The molecule has 0 saturated heterocycles. The maximum Gasteiger partial charge on any atom is 0.0959 e. The van der Waals surface area contributed by atoms with Crippen LogP contribution in [-0.4, -0.2) is 0 Å². The first-order valence-electron chi connectivity index (χ1n) is 3.77. The molecular formula is C9H10N2S2. The number of hydrogen-bond donors (Lipinski definition) is 1. The molecule has 0 bridgehead atoms. The largest absolute Gasteiger partial charge is 0.274 e. The van der Waals surface area contributed by atoms with Gasteiger partial charge in [-0.3, -0.25) is 5.14 Å². The van der Waals surface area contributed by atoms with E-state index in [-0.39, 0.29) is 0 Å². The van der Waals surface area contributed by atoms with E-state index < -0.39 is 0 Å². The number of nitriles is 1. The van der Waals surface area contributed by atoms with Crippen LogP contribution in [0.2, 0.25) is 0 Å². The van der Waals surface area contributed by atoms with E-state index in [0.29, 0.717) is 6.42 Å². The summed E-state index contributed by atoms with van der Waals surface area (Å²) < 4.78 is 0. The van der Waals surface area contributed by atoms with Crippen molar-refractivity contribution in [1.29, 1.82) is 5.26 Å². The fraction of sp³-hybridized carbons (Fsp3) is 0.222. The van der Waals surface area contributed by atoms with E-state index in [9.17, 15) is 0 Å². The van der Waals surface area contributed by atoms with Gasteiger partial charge in [-0.15, -0.1) is 11.3 Å². The predicted octanol–water partition coefficient (Wildman–Crippen LogP) is 2.70. The second kappa shape index (κ2) is 5.07. The smallest absolute Gasteiger partial charge is 0.0959 e. The highest BCUT2D eigenvalue weighted by Crippen LogP contribution is 2.19. The molecule has 0 aliphatic heterocycles. The van der Waals surface area contributed by atoms with Crippen LogP contribution in [0, 0.1) is 11.3 Å². The van der Waals surface area contributed by atoms with Gasteiger partial charge < -0.3 is 0 Å². The third kappa shape index (κ3) is 2.88. The van der Waals surface area contributed by atoms with Gasteiger partial charge in [0.2, 0.25) is 0 Å². The van der Waals surface area contributed by atoms with Crippen molar-refractivity contribution in [2.24, 2.45) is 5.14 Å². The molecule has 1 aromatic heterocycles. The molecule has 1 heterocycles. The molecule has 1 aromatic rings. The van der Waals surface area contributed by atoms with Crippen LogP contribution in [0.1, 0.15) is 11.8 Å². The van der Waals surface area contributed by atoms with Crippen molar-refractivity contribution in [3.63, 3.8) is 0 Å². The molecule has 4 heteroatoms. The van der Waals surface area contributed by atoms with E-state index in [2.05, 4.69) is 6.07 Å². The van der Waals surface area contributed by atoms with Crippen LogP contribution < -0.4 is 5.14 Å². The van der Waals surface area contributed by atoms with Crippen LogP contribution >= 0.6 is 23.3 Å². The molecular weight excluding hydrogens is 200 g/mol. The van der Waals surface area contributed by atoms with Crippen molar-refractivity contribution >= 4 is 23.3 Å². The second-order valence-corrected chi connectivity index (χ2v) is 4.40. The third-order valence-corrected chi connectivity index (χ3v) is 3.14. The summed E-state index contributed by atoms with van der Waals surface area (Å²) in [6.45, 7) is 1.87. The average molecular weight is 210 g/mol. The Morgan fingerprint density at radius 2 is 2.54 bits per heavy atom. The molecule has 68 valence electrons. The van der Waals surface area contributed by atoms with Gasteiger partial charge in [-0.2, -0.15) is 5.26 Å². The van der Waals surface area contributed by atoms with Gasteiger partial charge in [0.05, 0.1) is 6.07 Å². The standard InChI is InChI=1S/C9H10N2S2/c1-7(13-11)8(6-10)5-9-3-2-4-12-9/h2-4H,5,11H2,1H3/b8-7+. The maximum absolute atomic E-state index is 8.85. The van der Waals surface area contributed by atoms with Crippen molar-refractivity contribution in [2.45, 2.75) is 13.3 Å². The molecule has 0 aliphatic rings. The molecule has 2 N–H and O–H groups in total. The molecule has 0 amide bonds. The number of allylic oxidation sites excluding steroid dienone is 2. The summed E-state index contributed by atoms with van der Waals surface area (Å²) >= 11 is 2.80. The zero-order chi connectivity index (χ0) is 9.68. The number of hydrogen-bond acceptors (Lipinski definition) is 4. The number of rotatable bonds is 3. The molecule has 0 fully saturated rings. The summed E-state index contributed by atoms with van der Waals surface area (Å²) in [5.41, 5.74) is 0.759. The van der Waals surface area contributed by atoms with Gasteiger partial charge in [-0.1, -0.05) is 18.0 Å². The van der Waals surface area contributed by atoms with Crippen LogP contribution in [-0.2, 0) is 6.42 Å². The molecule has 0 aliphatic carbocycles. The molecule has 0 saturated carbocycles. The van der Waals surface area contributed by atoms with Crippen LogP contribution in [0.4, 0.5) is 0 Å². The molecule has 0 spiro atoms. The minimum atomic E-state index is 0.699. The zero-order valence-corrected chi connectivity index (χ0v) is 8.91. The van der Waals surface area contributed by atoms with Gasteiger partial charge in [0.1, 0.15) is 0 Å². The van der Waals surface area contributed by atoms with Gasteiger partial charge in [-0.05, 0) is 18.4 Å². The van der Waals surface area contributed by atoms with Gasteiger partial charge in [0, 0.05) is 21.8 Å². The lowest BCUT2D eigenvalue weighted by molar-refractivity contribution is 1.22. The monoisotopic (exact) mass is 210 g/mol. The van der Waals surface area contributed by atoms with E-state index in [1.54, 1.807) is 11.3 Å². The van der Waals surface area contributed by atoms with Crippen molar-refractivity contribution in [3.05, 3.63) is 32.9 Å². The molecule has 1 rings (SSSR count). The minimum Gasteiger partial charge on any atom is -0.274 e. The van der Waals surface area contributed by atoms with Gasteiger partial charge in [0.25, 0.3) is 0 Å². The minimum absolute atomic E-state index is 0.699. The Morgan fingerprint density at radius 3 is 3.00 bits per heavy atom. The van der Waals surface area contributed by atoms with E-state index in [1.165, 1.54) is 4.88 Å². The van der Waals surface area contributed by atoms with Crippen LogP contribution in [0.15, 0.2) is 28.0 Å². The number of nitrogens with zero attached hydrogens (tertiary/aromatic N) is 1. The van der Waals surface area contributed by atoms with Gasteiger partial charge in [0.15, 0.2) is 0 Å². The molecule has 0 radical (unpaired) electrons. The summed E-state index contributed by atoms with van der Waals surface area (Å²) in [5.74, 6) is 0. The SMILES string of the molecule is C/C(SN)=C(\C#N)Cc1cccs1. The quantitative estimate of drug-likeness (QED) is 0.616. The van der Waals surface area contributed by atoms with Gasteiger partial charge in [-0.25, -0.2) is 0 Å². The zero-order valence-electron chi connectivity index (χ0n) is 7.28. The highest BCUT2D eigenvalue weighted by Gasteiger charge is 2.03. The Morgan fingerprint density at radius 1 is 1.77 bits per heavy atom. The Bertz CT molecular complexity index is 333. The summed E-state index contributed by atoms with van der Waals surface area (Å²) in [4.78, 5) is 2.10. The average Bonchev–Trinajstić information content (AvgIpc) is 2.65. The lowest BCUT2D eigenvalue weighted by atomic mass is 10.2. The van der Waals surface area contributed by atoms with Crippen molar-refractivity contribution in [1.82, 2.24) is 0 Å². The Balaban J connectivity index is 2.78. The topological polar surface area (TPSA) is 49.8 Å². The highest BCUT2D eigenvalue weighted by molar-refractivity contribution is 8.00. The molecule has 0 atom stereocenters. The van der Waals surface area contributed by atoms with Crippen LogP contribution in [0.5, 0.6) is 0 Å². The normalized spacial score (nSPS) is 12.1. The second-order valence-electron chi connectivity index (χ2n) is 2.52. The van der Waals surface area contributed by atoms with Gasteiger partial charge >= 0.3 is 0 Å². The maximum atomic E-state index is 8.85. The van der Waals surface area contributed by atoms with Crippen molar-refractivity contribution in [2.75, 3.05) is 0 Å². The van der Waals surface area contributed by atoms with Crippen LogP contribution in [0.25, 0.3) is 0 Å². The van der Waals surface area contributed by atoms with E-state index in [4.69, 9.17) is 10.4 Å². The number of nitrogens with two attached hydrogens (primary N) is 1. The summed E-state index contributed by atoms with van der Waals surface area (Å²) in [6, 6.07) is 6.19. The molecule has 0 unspecified atom stereocenters. The third-order valence-electron chi connectivity index (χ3n) is 1.67. The molecule has 2 nitrogen and oxygen atoms in total. The number of thiophene rings is 1. The Kier molecular flexibility index (Phi) is 4.03. The lowest BCUT2D eigenvalue weighted by Crippen LogP contribution is -1.90. The predicted molar refractivity (Wildman–Crippen MR) is 58.1 cm³/mol. The lowest BCUT2D eigenvalue weighted by Gasteiger charge is -1.99. The van der Waals surface area contributed by atoms with E-state index >= 15 is 0 Å². The van der Waals surface area contributed by atoms with E-state index in [0.717, 1.165) is 22.4 Å². The van der Waals surface area contributed by atoms with E-state index in [1.807, 2.05) is 24.4 Å². The van der Waals surface area contributed by atoms with Crippen LogP contribution in [0.3, 0.4) is 0 Å². The first-order chi connectivity index (χ1) is 6.27. The Hall–Kier alpha value is -0.760. The van der Waals surface area contributed by atoms with Crippen molar-refractivity contribution in [3.8, 4) is 6.07 Å². The highest BCUT2D eigenvalue weighted by atomic mass is 32.2. The fourth-order valence-corrected chi connectivity index (χ4v) is 1.88. The van der Waals surface area contributed by atoms with Crippen molar-refractivity contribution < 1.29 is 0 Å². The molecule has 0 aromatic carbocycles. The summed E-state index contributed by atoms with van der Waals surface area (Å²) in [5, 5.41) is 16.3. The first-order valence-corrected chi connectivity index (χ1v) is 5.53. The fourth-order valence-electron chi connectivity index (χ4n) is 0.901. The summed E-state index contributed by atoms with van der Waals surface area (Å²) in [7, 11) is 0. The molecule has 13 heavy (non-hydrogen) atoms.